The number of amides is 1. The predicted octanol–water partition coefficient (Wildman–Crippen LogP) is 6.79. The van der Waals surface area contributed by atoms with Crippen LogP contribution < -0.4 is 10.6 Å². The van der Waals surface area contributed by atoms with Gasteiger partial charge in [-0.25, -0.2) is 18.2 Å². The third-order valence-electron chi connectivity index (χ3n) is 6.24. The molecule has 0 heterocycles. The summed E-state index contributed by atoms with van der Waals surface area (Å²) >= 11 is 5.95. The fourth-order valence-corrected chi connectivity index (χ4v) is 4.56. The SMILES string of the molecule is O=C(CC1CCC(N=C(NC(=O)c2ccc(F)c(F)c2)Nc2cc(F)cc(Cl)c2)CC1)c1ccccc1. The minimum Gasteiger partial charge on any atom is -0.326 e. The Kier molecular flexibility index (Phi) is 8.61. The largest absolute Gasteiger partial charge is 0.326 e. The highest BCUT2D eigenvalue weighted by atomic mass is 35.5. The van der Waals surface area contributed by atoms with E-state index >= 15 is 0 Å². The van der Waals surface area contributed by atoms with Crippen molar-refractivity contribution >= 4 is 34.9 Å². The molecule has 0 saturated heterocycles. The van der Waals surface area contributed by atoms with Crippen molar-refractivity contribution in [2.45, 2.75) is 38.1 Å². The lowest BCUT2D eigenvalue weighted by atomic mass is 9.82. The highest BCUT2D eigenvalue weighted by Gasteiger charge is 2.24. The average Bonchev–Trinajstić information content (AvgIpc) is 2.86. The van der Waals surface area contributed by atoms with Gasteiger partial charge in [0, 0.05) is 28.3 Å². The van der Waals surface area contributed by atoms with E-state index in [0.717, 1.165) is 37.1 Å². The number of hydrogen-bond donors (Lipinski definition) is 2. The van der Waals surface area contributed by atoms with Crippen molar-refractivity contribution < 1.29 is 22.8 Å². The molecule has 5 nitrogen and oxygen atoms in total. The Hall–Kier alpha value is -3.65. The van der Waals surface area contributed by atoms with E-state index in [1.165, 1.54) is 12.1 Å². The van der Waals surface area contributed by atoms with Gasteiger partial charge in [-0.3, -0.25) is 14.9 Å². The van der Waals surface area contributed by atoms with Crippen LogP contribution in [0.2, 0.25) is 5.02 Å². The first-order valence-corrected chi connectivity index (χ1v) is 12.3. The van der Waals surface area contributed by atoms with E-state index in [9.17, 15) is 22.8 Å². The fourth-order valence-electron chi connectivity index (χ4n) is 4.34. The zero-order valence-corrected chi connectivity index (χ0v) is 20.6. The number of benzene rings is 3. The number of nitrogens with zero attached hydrogens (tertiary/aromatic N) is 1. The molecule has 4 rings (SSSR count). The molecule has 192 valence electrons. The van der Waals surface area contributed by atoms with E-state index in [-0.39, 0.29) is 40.0 Å². The molecule has 0 atom stereocenters. The molecular weight excluding hydrogens is 503 g/mol. The van der Waals surface area contributed by atoms with Crippen molar-refractivity contribution in [2.75, 3.05) is 5.32 Å². The summed E-state index contributed by atoms with van der Waals surface area (Å²) in [6, 6.07) is 15.6. The quantitative estimate of drug-likeness (QED) is 0.211. The lowest BCUT2D eigenvalue weighted by Crippen LogP contribution is -2.37. The van der Waals surface area contributed by atoms with Crippen LogP contribution in [0, 0.1) is 23.4 Å². The molecular formula is C28H25ClF3N3O2. The Balaban J connectivity index is 1.46. The summed E-state index contributed by atoms with van der Waals surface area (Å²) in [7, 11) is 0. The maximum absolute atomic E-state index is 13.9. The highest BCUT2D eigenvalue weighted by molar-refractivity contribution is 6.31. The topological polar surface area (TPSA) is 70.6 Å². The van der Waals surface area contributed by atoms with Gasteiger partial charge >= 0.3 is 0 Å². The molecule has 3 aromatic carbocycles. The number of halogens is 4. The van der Waals surface area contributed by atoms with E-state index in [0.29, 0.717) is 24.8 Å². The molecule has 1 aliphatic carbocycles. The smallest absolute Gasteiger partial charge is 0.258 e. The number of aliphatic imine (C=N–C) groups is 1. The second kappa shape index (κ2) is 12.1. The third kappa shape index (κ3) is 7.43. The maximum Gasteiger partial charge on any atom is 0.258 e. The van der Waals surface area contributed by atoms with E-state index in [2.05, 4.69) is 15.6 Å². The second-order valence-electron chi connectivity index (χ2n) is 9.01. The molecule has 1 aliphatic rings. The van der Waals surface area contributed by atoms with Crippen LogP contribution in [0.1, 0.15) is 52.8 Å². The predicted molar refractivity (Wildman–Crippen MR) is 137 cm³/mol. The summed E-state index contributed by atoms with van der Waals surface area (Å²) in [6.07, 6.45) is 3.39. The zero-order valence-electron chi connectivity index (χ0n) is 19.8. The normalized spacial score (nSPS) is 17.8. The minimum absolute atomic E-state index is 0.0280. The van der Waals surface area contributed by atoms with E-state index in [1.54, 1.807) is 0 Å². The van der Waals surface area contributed by atoms with Crippen LogP contribution in [-0.4, -0.2) is 23.7 Å². The lowest BCUT2D eigenvalue weighted by Gasteiger charge is -2.26. The number of guanidine groups is 1. The fraction of sp³-hybridized carbons (Fsp3) is 0.250. The van der Waals surface area contributed by atoms with Crippen molar-refractivity contribution in [1.82, 2.24) is 5.32 Å². The summed E-state index contributed by atoms with van der Waals surface area (Å²) in [5, 5.41) is 5.59. The molecule has 3 aromatic rings. The summed E-state index contributed by atoms with van der Waals surface area (Å²) < 4.78 is 40.8. The van der Waals surface area contributed by atoms with Gasteiger partial charge in [-0.1, -0.05) is 41.9 Å². The van der Waals surface area contributed by atoms with Crippen LogP contribution in [0.15, 0.2) is 71.7 Å². The second-order valence-corrected chi connectivity index (χ2v) is 9.45. The molecule has 0 unspecified atom stereocenters. The zero-order chi connectivity index (χ0) is 26.4. The van der Waals surface area contributed by atoms with Crippen LogP contribution in [-0.2, 0) is 0 Å². The number of carbonyl (C=O) groups is 2. The van der Waals surface area contributed by atoms with Gasteiger partial charge in [-0.05, 0) is 68.0 Å². The molecule has 0 aromatic heterocycles. The first kappa shape index (κ1) is 26.4. The summed E-state index contributed by atoms with van der Waals surface area (Å²) in [5.41, 5.74) is 0.855. The molecule has 9 heteroatoms. The van der Waals surface area contributed by atoms with Crippen LogP contribution in [0.5, 0.6) is 0 Å². The Morgan fingerprint density at radius 3 is 2.27 bits per heavy atom. The average molecular weight is 528 g/mol. The maximum atomic E-state index is 13.9. The molecule has 0 bridgehead atoms. The number of Topliss-reactive ketones (excluding diaryl/α,β-unsaturated/α-hetero) is 1. The van der Waals surface area contributed by atoms with E-state index < -0.39 is 23.4 Å². The van der Waals surface area contributed by atoms with Gasteiger partial charge in [-0.15, -0.1) is 0 Å². The molecule has 37 heavy (non-hydrogen) atoms. The number of anilines is 1. The van der Waals surface area contributed by atoms with Gasteiger partial charge in [0.05, 0.1) is 6.04 Å². The van der Waals surface area contributed by atoms with E-state index in [1.807, 2.05) is 30.3 Å². The monoisotopic (exact) mass is 527 g/mol. The lowest BCUT2D eigenvalue weighted by molar-refractivity contribution is 0.0944. The number of carbonyl (C=O) groups excluding carboxylic acids is 2. The van der Waals surface area contributed by atoms with Gasteiger partial charge in [0.25, 0.3) is 5.91 Å². The molecule has 2 N–H and O–H groups in total. The van der Waals surface area contributed by atoms with Crippen LogP contribution in [0.25, 0.3) is 0 Å². The molecule has 0 spiro atoms. The van der Waals surface area contributed by atoms with Crippen LogP contribution in [0.3, 0.4) is 0 Å². The minimum atomic E-state index is -1.15. The third-order valence-corrected chi connectivity index (χ3v) is 6.46. The van der Waals surface area contributed by atoms with Crippen LogP contribution >= 0.6 is 11.6 Å². The molecule has 1 saturated carbocycles. The standard InChI is InChI=1S/C28H25ClF3N3O2/c29-20-14-21(30)16-23(15-20)34-28(35-27(37)19-8-11-24(31)25(32)13-19)33-22-9-6-17(7-10-22)12-26(36)18-4-2-1-3-5-18/h1-5,8,11,13-17,22H,6-7,9-10,12H2,(H2,33,34,35,37). The highest BCUT2D eigenvalue weighted by Crippen LogP contribution is 2.30. The summed E-state index contributed by atoms with van der Waals surface area (Å²) in [6.45, 7) is 0. The molecule has 1 amide bonds. The number of nitrogens with one attached hydrogen (secondary N) is 2. The number of ketones is 1. The van der Waals surface area contributed by atoms with Gasteiger partial charge in [0.1, 0.15) is 5.82 Å². The molecule has 0 aliphatic heterocycles. The van der Waals surface area contributed by atoms with Gasteiger partial charge in [0.2, 0.25) is 5.96 Å². The number of rotatable bonds is 6. The summed E-state index contributed by atoms with van der Waals surface area (Å²) in [5.74, 6) is -3.15. The van der Waals surface area contributed by atoms with Crippen molar-refractivity contribution in [3.63, 3.8) is 0 Å². The van der Waals surface area contributed by atoms with Crippen molar-refractivity contribution in [2.24, 2.45) is 10.9 Å². The molecule has 1 fully saturated rings. The molecule has 0 radical (unpaired) electrons. The Labute approximate surface area is 217 Å². The van der Waals surface area contributed by atoms with Gasteiger partial charge in [0.15, 0.2) is 17.4 Å². The van der Waals surface area contributed by atoms with Gasteiger partial charge < -0.3 is 5.32 Å². The van der Waals surface area contributed by atoms with Crippen molar-refractivity contribution in [3.05, 3.63) is 100 Å². The van der Waals surface area contributed by atoms with Crippen molar-refractivity contribution in [3.8, 4) is 0 Å². The van der Waals surface area contributed by atoms with Crippen LogP contribution in [0.4, 0.5) is 18.9 Å². The Bertz CT molecular complexity index is 1290. The summed E-state index contributed by atoms with van der Waals surface area (Å²) in [4.78, 5) is 29.9. The first-order chi connectivity index (χ1) is 17.8. The Morgan fingerprint density at radius 1 is 0.865 bits per heavy atom. The number of hydrogen-bond acceptors (Lipinski definition) is 3. The van der Waals surface area contributed by atoms with Gasteiger partial charge in [-0.2, -0.15) is 0 Å². The first-order valence-electron chi connectivity index (χ1n) is 11.9. The van der Waals surface area contributed by atoms with Crippen molar-refractivity contribution in [1.29, 1.82) is 0 Å². The Morgan fingerprint density at radius 2 is 1.59 bits per heavy atom. The van der Waals surface area contributed by atoms with E-state index in [4.69, 9.17) is 11.6 Å².